The molecule has 0 N–H and O–H groups in total. The highest BCUT2D eigenvalue weighted by Gasteiger charge is 2.65. The lowest BCUT2D eigenvalue weighted by atomic mass is 9.81. The molecular formula is C20H36N2. The van der Waals surface area contributed by atoms with Crippen molar-refractivity contribution in [3.63, 3.8) is 0 Å². The highest BCUT2D eigenvalue weighted by molar-refractivity contribution is 5.16. The van der Waals surface area contributed by atoms with Gasteiger partial charge in [0.2, 0.25) is 0 Å². The smallest absolute Gasteiger partial charge is 0.0857 e. The molecule has 2 saturated carbocycles. The maximum Gasteiger partial charge on any atom is 0.0857 e. The third kappa shape index (κ3) is 2.33. The van der Waals surface area contributed by atoms with Crippen LogP contribution in [0.2, 0.25) is 0 Å². The summed E-state index contributed by atoms with van der Waals surface area (Å²) in [7, 11) is 0. The largest absolute Gasteiger partial charge is 0.358 e. The Labute approximate surface area is 137 Å². The average Bonchev–Trinajstić information content (AvgIpc) is 2.83. The van der Waals surface area contributed by atoms with Crippen molar-refractivity contribution in [2.45, 2.75) is 73.1 Å². The van der Waals surface area contributed by atoms with Crippen LogP contribution in [-0.2, 0) is 0 Å². The molecule has 126 valence electrons. The minimum atomic E-state index is 0.609. The van der Waals surface area contributed by atoms with Gasteiger partial charge in [-0.05, 0) is 69.6 Å². The van der Waals surface area contributed by atoms with Crippen molar-refractivity contribution in [3.05, 3.63) is 12.3 Å². The first-order chi connectivity index (χ1) is 10.3. The SMILES string of the molecule is C=C(C)N1CC(C)N(C(C)C)C1C1C2CC(C(C)C)C(C)C21. The second kappa shape index (κ2) is 5.54. The Kier molecular flexibility index (Phi) is 4.12. The van der Waals surface area contributed by atoms with Crippen LogP contribution in [0.15, 0.2) is 12.3 Å². The van der Waals surface area contributed by atoms with Crippen LogP contribution in [0.1, 0.15) is 54.9 Å². The Balaban J connectivity index is 1.80. The van der Waals surface area contributed by atoms with Crippen molar-refractivity contribution < 1.29 is 0 Å². The lowest BCUT2D eigenvalue weighted by molar-refractivity contribution is 0.0717. The molecule has 3 fully saturated rings. The van der Waals surface area contributed by atoms with E-state index in [0.29, 0.717) is 18.2 Å². The van der Waals surface area contributed by atoms with Crippen LogP contribution < -0.4 is 0 Å². The number of rotatable bonds is 4. The summed E-state index contributed by atoms with van der Waals surface area (Å²) in [5, 5.41) is 0. The van der Waals surface area contributed by atoms with Crippen molar-refractivity contribution in [1.82, 2.24) is 9.80 Å². The van der Waals surface area contributed by atoms with E-state index in [0.717, 1.165) is 42.1 Å². The van der Waals surface area contributed by atoms with E-state index in [1.54, 1.807) is 0 Å². The Morgan fingerprint density at radius 1 is 1.09 bits per heavy atom. The fourth-order valence-electron chi connectivity index (χ4n) is 6.11. The van der Waals surface area contributed by atoms with Gasteiger partial charge in [-0.2, -0.15) is 0 Å². The van der Waals surface area contributed by atoms with Gasteiger partial charge in [-0.1, -0.05) is 27.4 Å². The van der Waals surface area contributed by atoms with Crippen LogP contribution in [0, 0.1) is 35.5 Å². The lowest BCUT2D eigenvalue weighted by Crippen LogP contribution is -2.46. The fraction of sp³-hybridized carbons (Fsp3) is 0.900. The maximum absolute atomic E-state index is 4.28. The molecule has 0 spiro atoms. The van der Waals surface area contributed by atoms with Crippen LogP contribution in [0.4, 0.5) is 0 Å². The maximum atomic E-state index is 4.28. The van der Waals surface area contributed by atoms with Gasteiger partial charge in [0.1, 0.15) is 0 Å². The highest BCUT2D eigenvalue weighted by Crippen LogP contribution is 2.66. The first-order valence-corrected chi connectivity index (χ1v) is 9.45. The topological polar surface area (TPSA) is 6.48 Å². The van der Waals surface area contributed by atoms with Crippen LogP contribution in [0.5, 0.6) is 0 Å². The van der Waals surface area contributed by atoms with Crippen LogP contribution in [0.3, 0.4) is 0 Å². The normalized spacial score (nSPS) is 45.0. The number of hydrogen-bond donors (Lipinski definition) is 0. The molecule has 2 heteroatoms. The third-order valence-electron chi connectivity index (χ3n) is 7.00. The molecule has 1 aliphatic heterocycles. The molecule has 0 aromatic carbocycles. The van der Waals surface area contributed by atoms with Gasteiger partial charge in [-0.3, -0.25) is 4.90 Å². The van der Waals surface area contributed by atoms with Crippen LogP contribution in [-0.4, -0.2) is 34.6 Å². The van der Waals surface area contributed by atoms with Gasteiger partial charge >= 0.3 is 0 Å². The molecule has 0 aromatic heterocycles. The van der Waals surface area contributed by atoms with Crippen LogP contribution in [0.25, 0.3) is 0 Å². The standard InChI is InChI=1S/C20H36N2/c1-11(2)16-9-17-18(15(16)8)19(17)20-21(12(3)4)10-14(7)22(20)13(5)6/h11,13-20H,3,9-10H2,1-2,4-8H3. The minimum Gasteiger partial charge on any atom is -0.358 e. The molecule has 0 aromatic rings. The zero-order valence-electron chi connectivity index (χ0n) is 15.7. The first kappa shape index (κ1) is 16.4. The monoisotopic (exact) mass is 304 g/mol. The molecule has 0 amide bonds. The minimum absolute atomic E-state index is 0.609. The van der Waals surface area contributed by atoms with Gasteiger partial charge in [0.05, 0.1) is 6.17 Å². The second-order valence-corrected chi connectivity index (χ2v) is 9.01. The van der Waals surface area contributed by atoms with Gasteiger partial charge in [0.25, 0.3) is 0 Å². The van der Waals surface area contributed by atoms with E-state index in [-0.39, 0.29) is 0 Å². The van der Waals surface area contributed by atoms with Crippen molar-refractivity contribution in [1.29, 1.82) is 0 Å². The number of hydrogen-bond acceptors (Lipinski definition) is 2. The molecule has 1 heterocycles. The van der Waals surface area contributed by atoms with E-state index in [2.05, 4.69) is 64.8 Å². The molecule has 7 unspecified atom stereocenters. The third-order valence-corrected chi connectivity index (χ3v) is 7.00. The predicted octanol–water partition coefficient (Wildman–Crippen LogP) is 4.43. The molecule has 0 radical (unpaired) electrons. The number of allylic oxidation sites excluding steroid dienone is 1. The summed E-state index contributed by atoms with van der Waals surface area (Å²) in [6.07, 6.45) is 2.08. The molecule has 2 nitrogen and oxygen atoms in total. The van der Waals surface area contributed by atoms with E-state index in [9.17, 15) is 0 Å². The predicted molar refractivity (Wildman–Crippen MR) is 94.3 cm³/mol. The van der Waals surface area contributed by atoms with Crippen molar-refractivity contribution in [2.24, 2.45) is 35.5 Å². The van der Waals surface area contributed by atoms with Gasteiger partial charge in [0.15, 0.2) is 0 Å². The van der Waals surface area contributed by atoms with Gasteiger partial charge in [0, 0.05) is 24.3 Å². The number of fused-ring (bicyclic) bond motifs is 1. The summed E-state index contributed by atoms with van der Waals surface area (Å²) in [4.78, 5) is 5.39. The van der Waals surface area contributed by atoms with Gasteiger partial charge in [-0.15, -0.1) is 0 Å². The molecule has 2 aliphatic carbocycles. The average molecular weight is 305 g/mol. The Morgan fingerprint density at radius 2 is 1.73 bits per heavy atom. The Hall–Kier alpha value is -0.500. The van der Waals surface area contributed by atoms with Gasteiger partial charge in [-0.25, -0.2) is 0 Å². The van der Waals surface area contributed by atoms with E-state index in [1.807, 2.05) is 0 Å². The molecule has 0 bridgehead atoms. The quantitative estimate of drug-likeness (QED) is 0.758. The lowest BCUT2D eigenvalue weighted by Gasteiger charge is -2.38. The van der Waals surface area contributed by atoms with Crippen molar-refractivity contribution in [3.8, 4) is 0 Å². The zero-order chi connectivity index (χ0) is 16.3. The fourth-order valence-corrected chi connectivity index (χ4v) is 6.11. The van der Waals surface area contributed by atoms with E-state index >= 15 is 0 Å². The van der Waals surface area contributed by atoms with Crippen molar-refractivity contribution >= 4 is 0 Å². The summed E-state index contributed by atoms with van der Waals surface area (Å²) in [5.74, 6) is 5.53. The molecular weight excluding hydrogens is 268 g/mol. The van der Waals surface area contributed by atoms with E-state index in [1.165, 1.54) is 12.1 Å². The number of nitrogens with zero attached hydrogens (tertiary/aromatic N) is 2. The summed E-state index contributed by atoms with van der Waals surface area (Å²) in [5.41, 5.74) is 1.26. The summed E-state index contributed by atoms with van der Waals surface area (Å²) in [6.45, 7) is 22.1. The molecule has 1 saturated heterocycles. The summed E-state index contributed by atoms with van der Waals surface area (Å²) >= 11 is 0. The van der Waals surface area contributed by atoms with E-state index in [4.69, 9.17) is 0 Å². The summed E-state index contributed by atoms with van der Waals surface area (Å²) < 4.78 is 0. The molecule has 3 aliphatic rings. The molecule has 22 heavy (non-hydrogen) atoms. The molecule has 3 rings (SSSR count). The molecule has 7 atom stereocenters. The summed E-state index contributed by atoms with van der Waals surface area (Å²) in [6, 6.07) is 1.28. The Morgan fingerprint density at radius 3 is 2.14 bits per heavy atom. The van der Waals surface area contributed by atoms with Crippen LogP contribution >= 0.6 is 0 Å². The van der Waals surface area contributed by atoms with E-state index < -0.39 is 0 Å². The zero-order valence-corrected chi connectivity index (χ0v) is 15.7. The first-order valence-electron chi connectivity index (χ1n) is 9.45. The van der Waals surface area contributed by atoms with Gasteiger partial charge < -0.3 is 4.90 Å². The second-order valence-electron chi connectivity index (χ2n) is 9.01. The van der Waals surface area contributed by atoms with Crippen molar-refractivity contribution in [2.75, 3.05) is 6.54 Å². The highest BCUT2D eigenvalue weighted by atomic mass is 15.5. The Bertz CT molecular complexity index is 441.